The zero-order chi connectivity index (χ0) is 17.6. The number of likely N-dealkylation sites (tertiary alicyclic amines) is 2. The minimum absolute atomic E-state index is 0. The maximum absolute atomic E-state index is 12.6. The van der Waals surface area contributed by atoms with Gasteiger partial charge in [-0.2, -0.15) is 0 Å². The Kier molecular flexibility index (Phi) is 5.94. The highest BCUT2D eigenvalue weighted by atomic mass is 127. The molecule has 0 spiro atoms. The van der Waals surface area contributed by atoms with Gasteiger partial charge in [-0.15, -0.1) is 24.0 Å². The minimum atomic E-state index is -0.0918. The maximum Gasteiger partial charge on any atom is 0.233 e. The third kappa shape index (κ3) is 3.39. The van der Waals surface area contributed by atoms with Gasteiger partial charge in [0.2, 0.25) is 11.8 Å². The van der Waals surface area contributed by atoms with E-state index in [1.54, 1.807) is 0 Å². The van der Waals surface area contributed by atoms with Crippen LogP contribution in [-0.4, -0.2) is 53.8 Å². The molecule has 4 aliphatic rings. The molecule has 1 saturated carbocycles. The van der Waals surface area contributed by atoms with E-state index in [1.807, 2.05) is 0 Å². The third-order valence-electron chi connectivity index (χ3n) is 6.36. The number of hydrogen-bond donors (Lipinski definition) is 1. The van der Waals surface area contributed by atoms with Crippen LogP contribution in [0.3, 0.4) is 0 Å². The van der Waals surface area contributed by atoms with Gasteiger partial charge in [-0.3, -0.25) is 19.5 Å². The van der Waals surface area contributed by atoms with Crippen LogP contribution in [0.15, 0.2) is 17.1 Å². The van der Waals surface area contributed by atoms with Gasteiger partial charge in [-0.1, -0.05) is 19.1 Å². The first-order valence-electron chi connectivity index (χ1n) is 9.64. The van der Waals surface area contributed by atoms with E-state index >= 15 is 0 Å². The van der Waals surface area contributed by atoms with E-state index in [9.17, 15) is 9.59 Å². The molecule has 5 unspecified atom stereocenters. The van der Waals surface area contributed by atoms with Crippen LogP contribution in [0.4, 0.5) is 0 Å². The van der Waals surface area contributed by atoms with E-state index in [2.05, 4.69) is 29.0 Å². The lowest BCUT2D eigenvalue weighted by molar-refractivity contribution is -0.140. The number of nitrogens with zero attached hydrogens (tertiary/aromatic N) is 3. The number of nitrogens with two attached hydrogens (primary N) is 1. The highest BCUT2D eigenvalue weighted by molar-refractivity contribution is 14.0. The van der Waals surface area contributed by atoms with Crippen LogP contribution >= 0.6 is 24.0 Å². The molecule has 0 radical (unpaired) electrons. The second kappa shape index (κ2) is 7.86. The number of piperidine rings is 1. The van der Waals surface area contributed by atoms with Crippen molar-refractivity contribution in [1.29, 1.82) is 0 Å². The smallest absolute Gasteiger partial charge is 0.233 e. The zero-order valence-electron chi connectivity index (χ0n) is 15.3. The standard InChI is InChI=1S/C19H28N4O2.HI/c1-12-4-2-8-22(11-12)19(20)21-7-3-9-23-17(24)15-13-5-6-14(10-13)16(15)18(23)25;/h5-6,12-16H,2-4,7-11H2,1H3,(H2,20,21);1H. The lowest BCUT2D eigenvalue weighted by Gasteiger charge is -2.31. The van der Waals surface area contributed by atoms with E-state index in [-0.39, 0.29) is 59.5 Å². The molecule has 144 valence electrons. The second-order valence-electron chi connectivity index (χ2n) is 8.11. The van der Waals surface area contributed by atoms with Crippen LogP contribution in [0, 0.1) is 29.6 Å². The molecule has 0 aromatic rings. The molecule has 2 N–H and O–H groups in total. The number of rotatable bonds is 4. The summed E-state index contributed by atoms with van der Waals surface area (Å²) in [6.07, 6.45) is 8.34. The Balaban J connectivity index is 0.00000196. The molecule has 0 aromatic carbocycles. The number of imide groups is 1. The van der Waals surface area contributed by atoms with E-state index in [0.29, 0.717) is 31.4 Å². The normalized spacial score (nSPS) is 35.9. The molecule has 2 aliphatic carbocycles. The molecule has 2 saturated heterocycles. The van der Waals surface area contributed by atoms with Gasteiger partial charge < -0.3 is 10.6 Å². The third-order valence-corrected chi connectivity index (χ3v) is 6.36. The minimum Gasteiger partial charge on any atom is -0.370 e. The van der Waals surface area contributed by atoms with E-state index in [1.165, 1.54) is 11.3 Å². The molecule has 2 heterocycles. The summed E-state index contributed by atoms with van der Waals surface area (Å²) >= 11 is 0. The SMILES string of the molecule is CC1CCCN(C(N)=NCCCN2C(=O)C3C4C=CC(C4)C3C2=O)C1.I. The van der Waals surface area contributed by atoms with Crippen molar-refractivity contribution >= 4 is 41.8 Å². The molecule has 3 fully saturated rings. The Hall–Kier alpha value is -1.12. The Morgan fingerprint density at radius 2 is 1.88 bits per heavy atom. The number of allylic oxidation sites excluding steroid dienone is 2. The van der Waals surface area contributed by atoms with Gasteiger partial charge in [0, 0.05) is 26.2 Å². The summed E-state index contributed by atoms with van der Waals surface area (Å²) in [5.41, 5.74) is 6.10. The fraction of sp³-hybridized carbons (Fsp3) is 0.737. The van der Waals surface area contributed by atoms with Crippen molar-refractivity contribution in [2.45, 2.75) is 32.6 Å². The van der Waals surface area contributed by atoms with Crippen molar-refractivity contribution in [1.82, 2.24) is 9.80 Å². The predicted octanol–water partition coefficient (Wildman–Crippen LogP) is 1.85. The molecule has 2 bridgehead atoms. The number of halogens is 1. The summed E-state index contributed by atoms with van der Waals surface area (Å²) in [5.74, 6) is 1.71. The molecular weight excluding hydrogens is 443 g/mol. The summed E-state index contributed by atoms with van der Waals surface area (Å²) in [5, 5.41) is 0. The van der Waals surface area contributed by atoms with Crippen molar-refractivity contribution < 1.29 is 9.59 Å². The topological polar surface area (TPSA) is 79.0 Å². The van der Waals surface area contributed by atoms with Crippen molar-refractivity contribution in [2.24, 2.45) is 40.3 Å². The van der Waals surface area contributed by atoms with Crippen molar-refractivity contribution in [3.8, 4) is 0 Å². The van der Waals surface area contributed by atoms with E-state index in [0.717, 1.165) is 25.9 Å². The Bertz CT molecular complexity index is 605. The fourth-order valence-corrected chi connectivity index (χ4v) is 5.10. The monoisotopic (exact) mass is 472 g/mol. The maximum atomic E-state index is 12.6. The first-order valence-corrected chi connectivity index (χ1v) is 9.64. The van der Waals surface area contributed by atoms with Crippen LogP contribution < -0.4 is 5.73 Å². The van der Waals surface area contributed by atoms with Crippen molar-refractivity contribution in [3.05, 3.63) is 12.2 Å². The number of aliphatic imine (C=N–C) groups is 1. The van der Waals surface area contributed by atoms with Crippen molar-refractivity contribution in [3.63, 3.8) is 0 Å². The molecule has 5 atom stereocenters. The highest BCUT2D eigenvalue weighted by Crippen LogP contribution is 2.52. The first kappa shape index (κ1) is 19.6. The molecule has 4 rings (SSSR count). The van der Waals surface area contributed by atoms with Gasteiger partial charge in [0.05, 0.1) is 11.8 Å². The largest absolute Gasteiger partial charge is 0.370 e. The molecule has 0 aromatic heterocycles. The lowest BCUT2D eigenvalue weighted by atomic mass is 9.85. The number of carbonyl (C=O) groups is 2. The average molecular weight is 472 g/mol. The second-order valence-corrected chi connectivity index (χ2v) is 8.11. The zero-order valence-corrected chi connectivity index (χ0v) is 17.7. The van der Waals surface area contributed by atoms with Gasteiger partial charge in [0.15, 0.2) is 5.96 Å². The number of carbonyl (C=O) groups excluding carboxylic acids is 2. The average Bonchev–Trinajstić information content (AvgIpc) is 3.27. The van der Waals surface area contributed by atoms with Crippen LogP contribution in [-0.2, 0) is 9.59 Å². The summed E-state index contributed by atoms with van der Waals surface area (Å²) < 4.78 is 0. The van der Waals surface area contributed by atoms with Gasteiger partial charge in [0.1, 0.15) is 0 Å². The molecule has 26 heavy (non-hydrogen) atoms. The van der Waals surface area contributed by atoms with Gasteiger partial charge >= 0.3 is 0 Å². The number of hydrogen-bond acceptors (Lipinski definition) is 3. The predicted molar refractivity (Wildman–Crippen MR) is 111 cm³/mol. The number of fused-ring (bicyclic) bond motifs is 5. The Labute approximate surface area is 172 Å². The quantitative estimate of drug-likeness (QED) is 0.169. The van der Waals surface area contributed by atoms with Crippen molar-refractivity contribution in [2.75, 3.05) is 26.2 Å². The van der Waals surface area contributed by atoms with E-state index < -0.39 is 0 Å². The first-order chi connectivity index (χ1) is 12.1. The summed E-state index contributed by atoms with van der Waals surface area (Å²) in [6, 6.07) is 0. The number of amides is 2. The molecule has 6 nitrogen and oxygen atoms in total. The van der Waals surface area contributed by atoms with Gasteiger partial charge in [-0.05, 0) is 43.4 Å². The van der Waals surface area contributed by atoms with Crippen LogP contribution in [0.1, 0.15) is 32.6 Å². The molecular formula is C19H29IN4O2. The Morgan fingerprint density at radius 3 is 2.50 bits per heavy atom. The molecule has 2 aliphatic heterocycles. The summed E-state index contributed by atoms with van der Waals surface area (Å²) in [6.45, 7) is 5.22. The van der Waals surface area contributed by atoms with Gasteiger partial charge in [0.25, 0.3) is 0 Å². The van der Waals surface area contributed by atoms with Crippen LogP contribution in [0.25, 0.3) is 0 Å². The fourth-order valence-electron chi connectivity index (χ4n) is 5.10. The molecule has 2 amide bonds. The van der Waals surface area contributed by atoms with Crippen LogP contribution in [0.2, 0.25) is 0 Å². The summed E-state index contributed by atoms with van der Waals surface area (Å²) in [7, 11) is 0. The highest BCUT2D eigenvalue weighted by Gasteiger charge is 2.58. The molecule has 7 heteroatoms. The Morgan fingerprint density at radius 1 is 1.23 bits per heavy atom. The lowest BCUT2D eigenvalue weighted by Crippen LogP contribution is -2.43. The van der Waals surface area contributed by atoms with Crippen LogP contribution in [0.5, 0.6) is 0 Å². The number of guanidine groups is 1. The van der Waals surface area contributed by atoms with Gasteiger partial charge in [-0.25, -0.2) is 0 Å². The van der Waals surface area contributed by atoms with E-state index in [4.69, 9.17) is 5.73 Å². The summed E-state index contributed by atoms with van der Waals surface area (Å²) in [4.78, 5) is 33.3.